The van der Waals surface area contributed by atoms with Gasteiger partial charge in [0.2, 0.25) is 0 Å². The summed E-state index contributed by atoms with van der Waals surface area (Å²) >= 11 is 12.6. The third-order valence-corrected chi connectivity index (χ3v) is 7.77. The fourth-order valence-electron chi connectivity index (χ4n) is 5.43. The summed E-state index contributed by atoms with van der Waals surface area (Å²) in [6, 6.07) is 11.2. The van der Waals surface area contributed by atoms with Gasteiger partial charge in [-0.05, 0) is 73.1 Å². The summed E-state index contributed by atoms with van der Waals surface area (Å²) in [7, 11) is 1.60. The second-order valence-corrected chi connectivity index (χ2v) is 10.2. The number of anilines is 1. The van der Waals surface area contributed by atoms with E-state index in [1.807, 2.05) is 31.2 Å². The van der Waals surface area contributed by atoms with Crippen LogP contribution < -0.4 is 10.1 Å². The van der Waals surface area contributed by atoms with Crippen LogP contribution in [0.4, 0.5) is 5.69 Å². The van der Waals surface area contributed by atoms with Crippen LogP contribution in [0.25, 0.3) is 0 Å². The third kappa shape index (κ3) is 4.42. The molecule has 1 aliphatic heterocycles. The van der Waals surface area contributed by atoms with Gasteiger partial charge >= 0.3 is 5.97 Å². The maximum atomic E-state index is 12.5. The molecular formula is C25H30Cl2N2O4. The third-order valence-electron chi connectivity index (χ3n) is 7.24. The van der Waals surface area contributed by atoms with Gasteiger partial charge in [-0.1, -0.05) is 36.2 Å². The van der Waals surface area contributed by atoms with Gasteiger partial charge in [0.1, 0.15) is 11.3 Å². The first-order valence-electron chi connectivity index (χ1n) is 11.2. The Balaban J connectivity index is 1.68. The molecule has 8 heteroatoms. The highest BCUT2D eigenvalue weighted by molar-refractivity contribution is 6.32. The minimum atomic E-state index is -1.08. The molecule has 0 saturated heterocycles. The number of aliphatic carboxylic acids is 1. The summed E-state index contributed by atoms with van der Waals surface area (Å²) in [5.74, 6) is -0.136. The van der Waals surface area contributed by atoms with Gasteiger partial charge in [0.05, 0.1) is 12.1 Å². The van der Waals surface area contributed by atoms with Crippen molar-refractivity contribution < 1.29 is 19.7 Å². The molecular weight excluding hydrogens is 463 g/mol. The number of hydrogen-bond donors (Lipinski definition) is 3. The monoisotopic (exact) mass is 492 g/mol. The van der Waals surface area contributed by atoms with Crippen molar-refractivity contribution in [1.82, 2.24) is 4.90 Å². The van der Waals surface area contributed by atoms with Crippen molar-refractivity contribution in [3.63, 3.8) is 0 Å². The lowest BCUT2D eigenvalue weighted by Gasteiger charge is -2.48. The van der Waals surface area contributed by atoms with Crippen LogP contribution >= 0.6 is 23.2 Å². The summed E-state index contributed by atoms with van der Waals surface area (Å²) < 4.78 is 5.50. The highest BCUT2D eigenvalue weighted by Gasteiger charge is 2.53. The normalized spacial score (nSPS) is 25.6. The van der Waals surface area contributed by atoms with Gasteiger partial charge in [-0.3, -0.25) is 4.90 Å². The molecule has 1 saturated carbocycles. The number of carboxylic acid groups (broad SMARTS) is 1. The summed E-state index contributed by atoms with van der Waals surface area (Å²) in [4.78, 5) is 14.9. The first-order chi connectivity index (χ1) is 15.7. The number of carboxylic acids is 1. The molecule has 0 bridgehead atoms. The van der Waals surface area contributed by atoms with E-state index in [1.54, 1.807) is 19.2 Å². The molecule has 1 aliphatic carbocycles. The number of methoxy groups -OCH3 is 1. The second kappa shape index (κ2) is 9.34. The fourth-order valence-corrected chi connectivity index (χ4v) is 5.88. The van der Waals surface area contributed by atoms with Crippen LogP contribution in [0.2, 0.25) is 10.0 Å². The van der Waals surface area contributed by atoms with Gasteiger partial charge in [0.25, 0.3) is 0 Å². The van der Waals surface area contributed by atoms with E-state index in [1.165, 1.54) is 0 Å². The Morgan fingerprint density at radius 3 is 2.55 bits per heavy atom. The zero-order chi connectivity index (χ0) is 23.8. The number of fused-ring (bicyclic) bond motifs is 2. The van der Waals surface area contributed by atoms with E-state index in [0.717, 1.165) is 11.1 Å². The number of nitrogens with zero attached hydrogens (tertiary/aromatic N) is 1. The van der Waals surface area contributed by atoms with E-state index in [-0.39, 0.29) is 18.1 Å². The topological polar surface area (TPSA) is 82.0 Å². The van der Waals surface area contributed by atoms with E-state index in [0.29, 0.717) is 60.3 Å². The Bertz CT molecular complexity index is 1040. The van der Waals surface area contributed by atoms with Crippen molar-refractivity contribution >= 4 is 34.9 Å². The summed E-state index contributed by atoms with van der Waals surface area (Å²) in [6.07, 6.45) is 2.21. The lowest BCUT2D eigenvalue weighted by atomic mass is 9.69. The molecule has 2 aromatic rings. The number of hydrogen-bond acceptors (Lipinski definition) is 5. The Morgan fingerprint density at radius 2 is 1.94 bits per heavy atom. The van der Waals surface area contributed by atoms with Gasteiger partial charge < -0.3 is 20.3 Å². The Labute approximate surface area is 204 Å². The number of carbonyl (C=O) groups is 1. The lowest BCUT2D eigenvalue weighted by molar-refractivity contribution is -0.145. The highest BCUT2D eigenvalue weighted by atomic mass is 35.5. The molecule has 3 N–H and O–H groups in total. The molecule has 2 aromatic carbocycles. The number of aliphatic hydroxyl groups excluding tert-OH is 1. The molecule has 6 nitrogen and oxygen atoms in total. The highest BCUT2D eigenvalue weighted by Crippen LogP contribution is 2.53. The van der Waals surface area contributed by atoms with Crippen LogP contribution in [-0.2, 0) is 16.9 Å². The minimum Gasteiger partial charge on any atom is -0.495 e. The Kier molecular flexibility index (Phi) is 6.83. The van der Waals surface area contributed by atoms with Crippen molar-refractivity contribution in [3.8, 4) is 5.75 Å². The van der Waals surface area contributed by atoms with Crippen LogP contribution in [0.5, 0.6) is 5.75 Å². The average molecular weight is 493 g/mol. The van der Waals surface area contributed by atoms with E-state index >= 15 is 0 Å². The second-order valence-electron chi connectivity index (χ2n) is 9.37. The molecule has 2 aliphatic rings. The Hall–Kier alpha value is -1.99. The number of nitrogens with one attached hydrogen (secondary N) is 1. The molecule has 1 fully saturated rings. The summed E-state index contributed by atoms with van der Waals surface area (Å²) in [6.45, 7) is 3.55. The zero-order valence-electron chi connectivity index (χ0n) is 18.9. The number of rotatable bonds is 7. The van der Waals surface area contributed by atoms with Gasteiger partial charge in [0.15, 0.2) is 0 Å². The Morgan fingerprint density at radius 1 is 1.21 bits per heavy atom. The standard InChI is InChI=1S/C25H30Cl2N2O4/c1-16(15-30)13-29-14-17-10-21(27)22(33-2)12-20(17)25(29)8-6-24(7-9-25,23(31)32)28-19-5-3-4-18(26)11-19/h3-5,10-12,16,28,30H,6-9,13-15H2,1-2H3,(H,31,32)/t16-,24?,25?/m1/s1. The molecule has 1 spiro atoms. The molecule has 33 heavy (non-hydrogen) atoms. The molecule has 0 unspecified atom stereocenters. The average Bonchev–Trinajstić information content (AvgIpc) is 3.06. The number of ether oxygens (including phenoxy) is 1. The van der Waals surface area contributed by atoms with Crippen molar-refractivity contribution in [3.05, 3.63) is 57.6 Å². The molecule has 178 valence electrons. The van der Waals surface area contributed by atoms with Gasteiger partial charge in [0, 0.05) is 35.9 Å². The number of halogens is 2. The summed E-state index contributed by atoms with van der Waals surface area (Å²) in [5.41, 5.74) is 1.58. The SMILES string of the molecule is COc1cc2c(cc1Cl)CN(C[C@@H](C)CO)C21CCC(Nc2cccc(Cl)c2)(C(=O)O)CC1. The molecule has 0 aromatic heterocycles. The van der Waals surface area contributed by atoms with Crippen molar-refractivity contribution in [2.24, 2.45) is 5.92 Å². The molecule has 1 atom stereocenters. The minimum absolute atomic E-state index is 0.0996. The summed E-state index contributed by atoms with van der Waals surface area (Å²) in [5, 5.41) is 24.3. The molecule has 0 radical (unpaired) electrons. The molecule has 4 rings (SSSR count). The predicted octanol–water partition coefficient (Wildman–Crippen LogP) is 5.15. The smallest absolute Gasteiger partial charge is 0.329 e. The van der Waals surface area contributed by atoms with Crippen molar-refractivity contribution in [2.75, 3.05) is 25.6 Å². The lowest BCUT2D eigenvalue weighted by Crippen LogP contribution is -2.55. The number of benzene rings is 2. The van der Waals surface area contributed by atoms with E-state index in [4.69, 9.17) is 27.9 Å². The fraction of sp³-hybridized carbons (Fsp3) is 0.480. The largest absolute Gasteiger partial charge is 0.495 e. The first-order valence-corrected chi connectivity index (χ1v) is 12.0. The predicted molar refractivity (Wildman–Crippen MR) is 130 cm³/mol. The first kappa shape index (κ1) is 24.1. The number of aliphatic hydroxyl groups is 1. The van der Waals surface area contributed by atoms with Gasteiger partial charge in [-0.25, -0.2) is 4.79 Å². The van der Waals surface area contributed by atoms with Crippen LogP contribution in [-0.4, -0.2) is 46.9 Å². The van der Waals surface area contributed by atoms with E-state index < -0.39 is 11.5 Å². The molecule has 1 heterocycles. The van der Waals surface area contributed by atoms with Gasteiger partial charge in [-0.2, -0.15) is 0 Å². The van der Waals surface area contributed by atoms with Crippen LogP contribution in [0.3, 0.4) is 0 Å². The van der Waals surface area contributed by atoms with Crippen molar-refractivity contribution in [2.45, 2.75) is 50.2 Å². The quantitative estimate of drug-likeness (QED) is 0.495. The van der Waals surface area contributed by atoms with Gasteiger partial charge in [-0.15, -0.1) is 0 Å². The zero-order valence-corrected chi connectivity index (χ0v) is 20.4. The molecule has 0 amide bonds. The van der Waals surface area contributed by atoms with E-state index in [2.05, 4.69) is 10.2 Å². The van der Waals surface area contributed by atoms with Crippen LogP contribution in [0.1, 0.15) is 43.7 Å². The maximum Gasteiger partial charge on any atom is 0.329 e. The maximum absolute atomic E-state index is 12.5. The van der Waals surface area contributed by atoms with E-state index in [9.17, 15) is 15.0 Å². The van der Waals surface area contributed by atoms with Crippen LogP contribution in [0, 0.1) is 5.92 Å². The van der Waals surface area contributed by atoms with Crippen molar-refractivity contribution in [1.29, 1.82) is 0 Å². The van der Waals surface area contributed by atoms with Crippen LogP contribution in [0.15, 0.2) is 36.4 Å².